The summed E-state index contributed by atoms with van der Waals surface area (Å²) < 4.78 is 6.18. The molecule has 0 amide bonds. The Hall–Kier alpha value is -0.610. The van der Waals surface area contributed by atoms with Crippen molar-refractivity contribution in [2.24, 2.45) is 0 Å². The second kappa shape index (κ2) is 9.93. The molecule has 15 heavy (non-hydrogen) atoms. The van der Waals surface area contributed by atoms with Gasteiger partial charge in [-0.25, -0.2) is 0 Å². The van der Waals surface area contributed by atoms with Crippen LogP contribution in [0.2, 0.25) is 0 Å². The minimum absolute atomic E-state index is 0.181. The molecule has 0 aromatic heterocycles. The Morgan fingerprint density at radius 1 is 1.27 bits per heavy atom. The van der Waals surface area contributed by atoms with Crippen molar-refractivity contribution in [3.05, 3.63) is 0 Å². The SMILES string of the molecule is CCCC(=O)[O-].CCOCC[N+](C)(C)C. The molecule has 0 unspecified atom stereocenters. The van der Waals surface area contributed by atoms with E-state index in [0.29, 0.717) is 6.42 Å². The fourth-order valence-electron chi connectivity index (χ4n) is 0.687. The number of carbonyl (C=O) groups excluding carboxylic acids is 1. The summed E-state index contributed by atoms with van der Waals surface area (Å²) in [5, 5.41) is 9.49. The van der Waals surface area contributed by atoms with Gasteiger partial charge in [-0.3, -0.25) is 0 Å². The molecule has 0 saturated heterocycles. The van der Waals surface area contributed by atoms with Crippen LogP contribution >= 0.6 is 0 Å². The first-order valence-corrected chi connectivity index (χ1v) is 5.41. The van der Waals surface area contributed by atoms with Crippen molar-refractivity contribution in [1.29, 1.82) is 0 Å². The van der Waals surface area contributed by atoms with Gasteiger partial charge in [0, 0.05) is 12.6 Å². The van der Waals surface area contributed by atoms with Gasteiger partial charge in [-0.2, -0.15) is 0 Å². The molecular weight excluding hydrogens is 194 g/mol. The topological polar surface area (TPSA) is 49.4 Å². The molecule has 0 aliphatic heterocycles. The molecule has 0 heterocycles. The van der Waals surface area contributed by atoms with Crippen LogP contribution in [-0.2, 0) is 9.53 Å². The number of hydrogen-bond acceptors (Lipinski definition) is 3. The van der Waals surface area contributed by atoms with Gasteiger partial charge in [-0.15, -0.1) is 0 Å². The van der Waals surface area contributed by atoms with Crippen LogP contribution < -0.4 is 5.11 Å². The maximum absolute atomic E-state index is 9.49. The van der Waals surface area contributed by atoms with Crippen LogP contribution in [0, 0.1) is 0 Å². The molecule has 0 aromatic rings. The third-order valence-corrected chi connectivity index (χ3v) is 1.56. The number of carboxylic acid groups (broad SMARTS) is 1. The van der Waals surface area contributed by atoms with E-state index in [4.69, 9.17) is 4.74 Å². The molecule has 0 aromatic carbocycles. The lowest BCUT2D eigenvalue weighted by atomic mass is 10.4. The molecule has 0 saturated carbocycles. The number of carboxylic acids is 1. The molecule has 0 aliphatic carbocycles. The summed E-state index contributed by atoms with van der Waals surface area (Å²) in [6, 6.07) is 0. The van der Waals surface area contributed by atoms with Crippen LogP contribution in [0.5, 0.6) is 0 Å². The van der Waals surface area contributed by atoms with E-state index in [9.17, 15) is 9.90 Å². The number of aliphatic carboxylic acids is 1. The molecule has 0 N–H and O–H groups in total. The monoisotopic (exact) mass is 219 g/mol. The van der Waals surface area contributed by atoms with E-state index in [1.165, 1.54) is 0 Å². The van der Waals surface area contributed by atoms with Crippen molar-refractivity contribution < 1.29 is 19.1 Å². The van der Waals surface area contributed by atoms with Crippen LogP contribution in [0.4, 0.5) is 0 Å². The zero-order chi connectivity index (χ0) is 12.3. The average molecular weight is 219 g/mol. The van der Waals surface area contributed by atoms with Crippen LogP contribution in [0.25, 0.3) is 0 Å². The van der Waals surface area contributed by atoms with Crippen LogP contribution in [0.15, 0.2) is 0 Å². The van der Waals surface area contributed by atoms with Crippen molar-refractivity contribution in [3.63, 3.8) is 0 Å². The highest BCUT2D eigenvalue weighted by molar-refractivity contribution is 5.63. The van der Waals surface area contributed by atoms with Gasteiger partial charge in [0.15, 0.2) is 0 Å². The molecule has 0 spiro atoms. The largest absolute Gasteiger partial charge is 0.550 e. The Morgan fingerprint density at radius 3 is 2.00 bits per heavy atom. The number of nitrogens with zero attached hydrogens (tertiary/aromatic N) is 1. The average Bonchev–Trinajstić information content (AvgIpc) is 2.03. The lowest BCUT2D eigenvalue weighted by molar-refractivity contribution is -0.870. The van der Waals surface area contributed by atoms with Crippen LogP contribution in [0.1, 0.15) is 26.7 Å². The molecule has 0 rings (SSSR count). The maximum Gasteiger partial charge on any atom is 0.102 e. The lowest BCUT2D eigenvalue weighted by Crippen LogP contribution is -2.37. The molecule has 0 atom stereocenters. The van der Waals surface area contributed by atoms with Gasteiger partial charge in [0.05, 0.1) is 27.7 Å². The summed E-state index contributed by atoms with van der Waals surface area (Å²) in [6.45, 7) is 6.62. The lowest BCUT2D eigenvalue weighted by Gasteiger charge is -2.23. The van der Waals surface area contributed by atoms with E-state index in [-0.39, 0.29) is 6.42 Å². The highest BCUT2D eigenvalue weighted by Gasteiger charge is 2.04. The molecule has 0 bridgehead atoms. The maximum atomic E-state index is 9.49. The zero-order valence-electron chi connectivity index (χ0n) is 10.7. The van der Waals surface area contributed by atoms with Crippen LogP contribution in [0.3, 0.4) is 0 Å². The minimum atomic E-state index is -0.961. The van der Waals surface area contributed by atoms with Gasteiger partial charge in [0.25, 0.3) is 0 Å². The summed E-state index contributed by atoms with van der Waals surface area (Å²) >= 11 is 0. The quantitative estimate of drug-likeness (QED) is 0.476. The number of hydrogen-bond donors (Lipinski definition) is 0. The summed E-state index contributed by atoms with van der Waals surface area (Å²) in [7, 11) is 6.50. The van der Waals surface area contributed by atoms with Crippen molar-refractivity contribution in [2.45, 2.75) is 26.7 Å². The van der Waals surface area contributed by atoms with E-state index in [0.717, 1.165) is 24.2 Å². The first-order valence-electron chi connectivity index (χ1n) is 5.41. The predicted molar refractivity (Wildman–Crippen MR) is 59.3 cm³/mol. The fraction of sp³-hybridized carbons (Fsp3) is 0.909. The summed E-state index contributed by atoms with van der Waals surface area (Å²) in [6.07, 6.45) is 0.850. The molecule has 0 fully saturated rings. The molecule has 0 radical (unpaired) electrons. The number of ether oxygens (including phenoxy) is 1. The van der Waals surface area contributed by atoms with E-state index >= 15 is 0 Å². The molecule has 4 nitrogen and oxygen atoms in total. The number of carbonyl (C=O) groups is 1. The van der Waals surface area contributed by atoms with E-state index in [2.05, 4.69) is 21.1 Å². The van der Waals surface area contributed by atoms with Crippen LogP contribution in [-0.4, -0.2) is 51.4 Å². The van der Waals surface area contributed by atoms with Gasteiger partial charge in [-0.1, -0.05) is 13.3 Å². The third kappa shape index (κ3) is 24.7. The van der Waals surface area contributed by atoms with E-state index < -0.39 is 5.97 Å². The Balaban J connectivity index is 0. The highest BCUT2D eigenvalue weighted by Crippen LogP contribution is 1.88. The van der Waals surface area contributed by atoms with Gasteiger partial charge in [0.2, 0.25) is 0 Å². The highest BCUT2D eigenvalue weighted by atomic mass is 16.5. The standard InChI is InChI=1S/C7H18NO.C4H8O2/c1-5-9-7-6-8(2,3)4;1-2-3-4(5)6/h5-7H2,1-4H3;2-3H2,1H3,(H,5,6)/q+1;/p-1. The van der Waals surface area contributed by atoms with E-state index in [1.54, 1.807) is 6.92 Å². The molecule has 4 heteroatoms. The minimum Gasteiger partial charge on any atom is -0.550 e. The van der Waals surface area contributed by atoms with Crippen molar-refractivity contribution >= 4 is 5.97 Å². The second-order valence-corrected chi connectivity index (χ2v) is 4.33. The second-order valence-electron chi connectivity index (χ2n) is 4.33. The number of rotatable bonds is 6. The predicted octanol–water partition coefficient (Wildman–Crippen LogP) is 0.266. The molecular formula is C11H25NO3. The summed E-state index contributed by atoms with van der Waals surface area (Å²) in [5.41, 5.74) is 0. The Bertz CT molecular complexity index is 152. The molecule has 92 valence electrons. The van der Waals surface area contributed by atoms with Crippen molar-refractivity contribution in [2.75, 3.05) is 40.9 Å². The first-order chi connectivity index (χ1) is 6.83. The van der Waals surface area contributed by atoms with Gasteiger partial charge in [0.1, 0.15) is 6.54 Å². The smallest absolute Gasteiger partial charge is 0.102 e. The van der Waals surface area contributed by atoms with E-state index in [1.807, 2.05) is 6.92 Å². The fourth-order valence-corrected chi connectivity index (χ4v) is 0.687. The summed E-state index contributed by atoms with van der Waals surface area (Å²) in [4.78, 5) is 9.49. The zero-order valence-corrected chi connectivity index (χ0v) is 10.7. The Labute approximate surface area is 93.4 Å². The molecule has 0 aliphatic rings. The third-order valence-electron chi connectivity index (χ3n) is 1.56. The van der Waals surface area contributed by atoms with Gasteiger partial charge < -0.3 is 19.1 Å². The first kappa shape index (κ1) is 16.8. The summed E-state index contributed by atoms with van der Waals surface area (Å²) in [5.74, 6) is -0.961. The normalized spacial score (nSPS) is 10.5. The van der Waals surface area contributed by atoms with Crippen molar-refractivity contribution in [1.82, 2.24) is 0 Å². The number of likely N-dealkylation sites (N-methyl/N-ethyl adjacent to an activating group) is 1. The number of quaternary nitrogens is 1. The Morgan fingerprint density at radius 2 is 1.80 bits per heavy atom. The van der Waals surface area contributed by atoms with Crippen molar-refractivity contribution in [3.8, 4) is 0 Å². The Kier molecular flexibility index (Phi) is 11.1. The van der Waals surface area contributed by atoms with Gasteiger partial charge in [-0.05, 0) is 13.3 Å². The van der Waals surface area contributed by atoms with Gasteiger partial charge >= 0.3 is 0 Å².